The predicted octanol–water partition coefficient (Wildman–Crippen LogP) is 6.29. The molecule has 0 bridgehead atoms. The third-order valence-corrected chi connectivity index (χ3v) is 6.82. The largest absolute Gasteiger partial charge is 0.456 e. The fourth-order valence-corrected chi connectivity index (χ4v) is 5.07. The minimum absolute atomic E-state index is 0.186. The van der Waals surface area contributed by atoms with E-state index in [0.717, 1.165) is 22.5 Å². The summed E-state index contributed by atoms with van der Waals surface area (Å²) in [6, 6.07) is 27.0. The lowest BCUT2D eigenvalue weighted by Crippen LogP contribution is -2.33. The first-order chi connectivity index (χ1) is 17.4. The number of rotatable bonds is 3. The number of amides is 1. The third-order valence-electron chi connectivity index (χ3n) is 6.82. The normalized spacial score (nSPS) is 16.9. The molecule has 36 heavy (non-hydrogen) atoms. The lowest BCUT2D eigenvalue weighted by Gasteiger charge is -2.37. The number of benzene rings is 4. The highest BCUT2D eigenvalue weighted by Gasteiger charge is 2.53. The van der Waals surface area contributed by atoms with Crippen molar-refractivity contribution in [1.82, 2.24) is 0 Å². The van der Waals surface area contributed by atoms with Crippen molar-refractivity contribution in [3.05, 3.63) is 113 Å². The van der Waals surface area contributed by atoms with Crippen molar-refractivity contribution in [2.24, 2.45) is 0 Å². The molecule has 1 amide bonds. The number of aryl methyl sites for hydroxylation is 1. The summed E-state index contributed by atoms with van der Waals surface area (Å²) >= 11 is 0. The molecule has 6 nitrogen and oxygen atoms in total. The van der Waals surface area contributed by atoms with Crippen molar-refractivity contribution in [2.75, 3.05) is 17.3 Å². The second-order valence-corrected chi connectivity index (χ2v) is 9.19. The van der Waals surface area contributed by atoms with Gasteiger partial charge in [0.1, 0.15) is 11.5 Å². The van der Waals surface area contributed by atoms with Gasteiger partial charge in [0.15, 0.2) is 5.60 Å². The zero-order chi connectivity index (χ0) is 25.0. The zero-order valence-corrected chi connectivity index (χ0v) is 20.2. The van der Waals surface area contributed by atoms with Crippen LogP contribution in [0.15, 0.2) is 84.9 Å². The average molecular weight is 477 g/mol. The van der Waals surface area contributed by atoms with E-state index in [-0.39, 0.29) is 5.91 Å². The highest BCUT2D eigenvalue weighted by Crippen LogP contribution is 2.57. The quantitative estimate of drug-likeness (QED) is 0.352. The van der Waals surface area contributed by atoms with Gasteiger partial charge in [-0.25, -0.2) is 4.79 Å². The molecule has 0 aromatic heterocycles. The Bertz CT molecular complexity index is 1540. The molecular formula is C30H24N2O4. The molecule has 2 aliphatic rings. The monoisotopic (exact) mass is 476 g/mol. The lowest BCUT2D eigenvalue weighted by molar-refractivity contribution is -0.114. The molecule has 0 aliphatic carbocycles. The summed E-state index contributed by atoms with van der Waals surface area (Å²) in [4.78, 5) is 26.9. The average Bonchev–Trinajstić information content (AvgIpc) is 3.17. The smallest absolute Gasteiger partial charge is 0.340 e. The van der Waals surface area contributed by atoms with Crippen molar-refractivity contribution in [1.29, 1.82) is 0 Å². The highest BCUT2D eigenvalue weighted by atomic mass is 16.6. The Morgan fingerprint density at radius 3 is 2.36 bits per heavy atom. The zero-order valence-electron chi connectivity index (χ0n) is 20.2. The second-order valence-electron chi connectivity index (χ2n) is 9.19. The standard InChI is InChI=1S/C30H24N2O4/c1-18-8-11-21(12-9-18)32(3)22-13-14-25-28(17-22)35-27-15-10-20(31-19(2)33)16-26(27)30(25)24-7-5-4-6-23(24)29(34)36-30/h4-17H,1-3H3,(H,31,33). The molecule has 2 heterocycles. The summed E-state index contributed by atoms with van der Waals surface area (Å²) in [5, 5.41) is 2.82. The van der Waals surface area contributed by atoms with Gasteiger partial charge in [-0.15, -0.1) is 0 Å². The summed E-state index contributed by atoms with van der Waals surface area (Å²) in [7, 11) is 2.00. The number of fused-ring (bicyclic) bond motifs is 6. The molecule has 0 radical (unpaired) electrons. The Kier molecular flexibility index (Phi) is 4.86. The molecular weight excluding hydrogens is 452 g/mol. The van der Waals surface area contributed by atoms with E-state index in [1.807, 2.05) is 49.5 Å². The van der Waals surface area contributed by atoms with Gasteiger partial charge in [-0.3, -0.25) is 4.79 Å². The molecule has 1 N–H and O–H groups in total. The second kappa shape index (κ2) is 7.99. The first-order valence-corrected chi connectivity index (χ1v) is 11.7. The van der Waals surface area contributed by atoms with Crippen LogP contribution in [0.5, 0.6) is 11.5 Å². The van der Waals surface area contributed by atoms with E-state index in [2.05, 4.69) is 41.4 Å². The van der Waals surface area contributed by atoms with Gasteiger partial charge in [0.2, 0.25) is 5.91 Å². The summed E-state index contributed by atoms with van der Waals surface area (Å²) in [6.07, 6.45) is 0. The van der Waals surface area contributed by atoms with Crippen LogP contribution in [0.3, 0.4) is 0 Å². The number of anilines is 3. The summed E-state index contributed by atoms with van der Waals surface area (Å²) in [5.74, 6) is 0.593. The maximum atomic E-state index is 13.1. The molecule has 6 heteroatoms. The molecule has 2 aliphatic heterocycles. The molecule has 1 atom stereocenters. The van der Waals surface area contributed by atoms with Crippen LogP contribution in [0.25, 0.3) is 0 Å². The minimum Gasteiger partial charge on any atom is -0.456 e. The summed E-state index contributed by atoms with van der Waals surface area (Å²) < 4.78 is 12.6. The molecule has 1 spiro atoms. The molecule has 0 fully saturated rings. The molecule has 0 saturated carbocycles. The molecule has 1 unspecified atom stereocenters. The van der Waals surface area contributed by atoms with Crippen LogP contribution in [-0.4, -0.2) is 18.9 Å². The van der Waals surface area contributed by atoms with Crippen molar-refractivity contribution in [3.8, 4) is 11.5 Å². The maximum absolute atomic E-state index is 13.1. The number of carbonyl (C=O) groups excluding carboxylic acids is 2. The minimum atomic E-state index is -1.19. The van der Waals surface area contributed by atoms with Gasteiger partial charge < -0.3 is 19.7 Å². The van der Waals surface area contributed by atoms with Gasteiger partial charge >= 0.3 is 5.97 Å². The highest BCUT2D eigenvalue weighted by molar-refractivity contribution is 5.97. The van der Waals surface area contributed by atoms with E-state index in [0.29, 0.717) is 28.3 Å². The van der Waals surface area contributed by atoms with Crippen molar-refractivity contribution in [3.63, 3.8) is 0 Å². The van der Waals surface area contributed by atoms with E-state index < -0.39 is 11.6 Å². The van der Waals surface area contributed by atoms with Crippen LogP contribution in [0.2, 0.25) is 0 Å². The lowest BCUT2D eigenvalue weighted by atomic mass is 9.77. The van der Waals surface area contributed by atoms with Crippen LogP contribution in [-0.2, 0) is 15.1 Å². The van der Waals surface area contributed by atoms with E-state index in [1.165, 1.54) is 12.5 Å². The molecule has 4 aromatic carbocycles. The Balaban J connectivity index is 1.54. The number of carbonyl (C=O) groups is 2. The van der Waals surface area contributed by atoms with Gasteiger partial charge in [-0.05, 0) is 55.5 Å². The molecule has 178 valence electrons. The van der Waals surface area contributed by atoms with Gasteiger partial charge in [0.05, 0.1) is 5.56 Å². The van der Waals surface area contributed by atoms with Gasteiger partial charge in [0.25, 0.3) is 0 Å². The predicted molar refractivity (Wildman–Crippen MR) is 138 cm³/mol. The number of hydrogen-bond donors (Lipinski definition) is 1. The first kappa shape index (κ1) is 21.9. The number of nitrogens with zero attached hydrogens (tertiary/aromatic N) is 1. The van der Waals surface area contributed by atoms with Crippen molar-refractivity contribution in [2.45, 2.75) is 19.4 Å². The molecule has 0 saturated heterocycles. The SMILES string of the molecule is CC(=O)Nc1ccc2c(c1)C1(OC(=O)c3ccccc31)c1ccc(N(C)c3ccc(C)cc3)cc1O2. The van der Waals surface area contributed by atoms with Crippen LogP contribution in [0.1, 0.15) is 39.5 Å². The fourth-order valence-electron chi connectivity index (χ4n) is 5.07. The van der Waals surface area contributed by atoms with E-state index >= 15 is 0 Å². The topological polar surface area (TPSA) is 67.9 Å². The van der Waals surface area contributed by atoms with Gasteiger partial charge in [0, 0.05) is 53.8 Å². The Morgan fingerprint density at radius 1 is 0.833 bits per heavy atom. The van der Waals surface area contributed by atoms with Crippen LogP contribution in [0, 0.1) is 6.92 Å². The molecule has 6 rings (SSSR count). The Hall–Kier alpha value is -4.58. The van der Waals surface area contributed by atoms with Crippen molar-refractivity contribution >= 4 is 28.9 Å². The maximum Gasteiger partial charge on any atom is 0.340 e. The fraction of sp³-hybridized carbons (Fsp3) is 0.133. The van der Waals surface area contributed by atoms with E-state index in [4.69, 9.17) is 9.47 Å². The first-order valence-electron chi connectivity index (χ1n) is 11.7. The van der Waals surface area contributed by atoms with E-state index in [1.54, 1.807) is 18.2 Å². The number of esters is 1. The Morgan fingerprint density at radius 2 is 1.58 bits per heavy atom. The summed E-state index contributed by atoms with van der Waals surface area (Å²) in [5.41, 5.74) is 5.25. The van der Waals surface area contributed by atoms with E-state index in [9.17, 15) is 9.59 Å². The number of hydrogen-bond acceptors (Lipinski definition) is 5. The van der Waals surface area contributed by atoms with Crippen LogP contribution in [0.4, 0.5) is 17.1 Å². The van der Waals surface area contributed by atoms with Crippen molar-refractivity contribution < 1.29 is 19.1 Å². The molecule has 4 aromatic rings. The van der Waals surface area contributed by atoms with Gasteiger partial charge in [-0.1, -0.05) is 35.9 Å². The van der Waals surface area contributed by atoms with Crippen LogP contribution < -0.4 is 15.0 Å². The van der Waals surface area contributed by atoms with Crippen LogP contribution >= 0.6 is 0 Å². The third kappa shape index (κ3) is 3.26. The number of nitrogens with one attached hydrogen (secondary N) is 1. The summed E-state index contributed by atoms with van der Waals surface area (Å²) in [6.45, 7) is 3.52. The number of ether oxygens (including phenoxy) is 2. The van der Waals surface area contributed by atoms with Gasteiger partial charge in [-0.2, -0.15) is 0 Å². The Labute approximate surface area is 209 Å².